The zero-order valence-electron chi connectivity index (χ0n) is 13.9. The number of likely N-dealkylation sites (tertiary alicyclic amines) is 1. The third-order valence-electron chi connectivity index (χ3n) is 4.32. The molecule has 2 aromatic heterocycles. The number of ether oxygens (including phenoxy) is 1. The summed E-state index contributed by atoms with van der Waals surface area (Å²) in [4.78, 5) is 15.5. The van der Waals surface area contributed by atoms with Crippen molar-refractivity contribution >= 4 is 0 Å². The number of methoxy groups -OCH3 is 1. The van der Waals surface area contributed by atoms with E-state index < -0.39 is 0 Å². The first-order chi connectivity index (χ1) is 11.2. The second-order valence-electron chi connectivity index (χ2n) is 6.30. The van der Waals surface area contributed by atoms with Gasteiger partial charge in [-0.15, -0.1) is 0 Å². The van der Waals surface area contributed by atoms with Gasteiger partial charge in [-0.25, -0.2) is 9.97 Å². The third-order valence-corrected chi connectivity index (χ3v) is 4.32. The van der Waals surface area contributed by atoms with Crippen molar-refractivity contribution in [1.29, 1.82) is 0 Å². The lowest BCUT2D eigenvalue weighted by Crippen LogP contribution is -2.35. The van der Waals surface area contributed by atoms with Gasteiger partial charge in [0.2, 0.25) is 0 Å². The molecule has 1 aliphatic heterocycles. The van der Waals surface area contributed by atoms with Crippen LogP contribution in [0.2, 0.25) is 0 Å². The van der Waals surface area contributed by atoms with Gasteiger partial charge in [0.1, 0.15) is 0 Å². The summed E-state index contributed by atoms with van der Waals surface area (Å²) in [7, 11) is 1.59. The van der Waals surface area contributed by atoms with Crippen LogP contribution in [0.1, 0.15) is 29.8 Å². The average Bonchev–Trinajstić information content (AvgIpc) is 2.56. The minimum absolute atomic E-state index is 0.427. The Morgan fingerprint density at radius 3 is 2.83 bits per heavy atom. The van der Waals surface area contributed by atoms with Crippen LogP contribution in [0.15, 0.2) is 30.6 Å². The maximum Gasteiger partial charge on any atom is 0.316 e. The summed E-state index contributed by atoms with van der Waals surface area (Å²) < 4.78 is 5.01. The van der Waals surface area contributed by atoms with Gasteiger partial charge in [-0.2, -0.15) is 0 Å². The lowest BCUT2D eigenvalue weighted by Gasteiger charge is -2.32. The van der Waals surface area contributed by atoms with Crippen LogP contribution < -0.4 is 4.74 Å². The molecule has 0 unspecified atom stereocenters. The minimum atomic E-state index is 0.427. The lowest BCUT2D eigenvalue weighted by atomic mass is 9.93. The number of piperidine rings is 1. The molecule has 5 heteroatoms. The quantitative estimate of drug-likeness (QED) is 0.849. The van der Waals surface area contributed by atoms with Crippen molar-refractivity contribution < 1.29 is 4.74 Å². The SMILES string of the molecule is COc1ncc(CN2CCC[C@@H](Cc3cccc(C)n3)C2)cn1. The van der Waals surface area contributed by atoms with Crippen LogP contribution in [-0.4, -0.2) is 40.1 Å². The minimum Gasteiger partial charge on any atom is -0.467 e. The Morgan fingerprint density at radius 1 is 1.26 bits per heavy atom. The second-order valence-corrected chi connectivity index (χ2v) is 6.30. The van der Waals surface area contributed by atoms with E-state index in [-0.39, 0.29) is 0 Å². The van der Waals surface area contributed by atoms with E-state index in [0.29, 0.717) is 11.9 Å². The Labute approximate surface area is 137 Å². The van der Waals surface area contributed by atoms with Gasteiger partial charge in [0.05, 0.1) is 7.11 Å². The van der Waals surface area contributed by atoms with Gasteiger partial charge in [-0.1, -0.05) is 6.07 Å². The summed E-state index contributed by atoms with van der Waals surface area (Å²) in [6.45, 7) is 5.22. The fraction of sp³-hybridized carbons (Fsp3) is 0.500. The number of pyridine rings is 1. The molecule has 122 valence electrons. The summed E-state index contributed by atoms with van der Waals surface area (Å²) in [6.07, 6.45) is 7.31. The number of nitrogens with zero attached hydrogens (tertiary/aromatic N) is 4. The molecule has 0 aliphatic carbocycles. The monoisotopic (exact) mass is 312 g/mol. The van der Waals surface area contributed by atoms with Gasteiger partial charge < -0.3 is 4.74 Å². The maximum atomic E-state index is 5.01. The Bertz CT molecular complexity index is 629. The zero-order chi connectivity index (χ0) is 16.1. The molecule has 0 saturated carbocycles. The maximum absolute atomic E-state index is 5.01. The highest BCUT2D eigenvalue weighted by Gasteiger charge is 2.21. The standard InChI is InChI=1S/C18H24N4O/c1-14-5-3-7-17(21-14)9-15-6-4-8-22(12-15)13-16-10-19-18(23-2)20-11-16/h3,5,7,10-11,15H,4,6,8-9,12-13H2,1-2H3/t15-/m0/s1. The van der Waals surface area contributed by atoms with Gasteiger partial charge in [0.15, 0.2) is 0 Å². The lowest BCUT2D eigenvalue weighted by molar-refractivity contribution is 0.166. The van der Waals surface area contributed by atoms with Crippen molar-refractivity contribution in [3.63, 3.8) is 0 Å². The van der Waals surface area contributed by atoms with Crippen LogP contribution in [0.25, 0.3) is 0 Å². The fourth-order valence-electron chi connectivity index (χ4n) is 3.26. The van der Waals surface area contributed by atoms with Crippen molar-refractivity contribution in [2.75, 3.05) is 20.2 Å². The van der Waals surface area contributed by atoms with E-state index in [1.165, 1.54) is 18.5 Å². The van der Waals surface area contributed by atoms with E-state index in [1.807, 2.05) is 12.4 Å². The molecule has 0 aromatic carbocycles. The molecular formula is C18H24N4O. The molecule has 1 aliphatic rings. The smallest absolute Gasteiger partial charge is 0.316 e. The molecule has 5 nitrogen and oxygen atoms in total. The van der Waals surface area contributed by atoms with Gasteiger partial charge >= 0.3 is 6.01 Å². The van der Waals surface area contributed by atoms with E-state index in [0.717, 1.165) is 37.3 Å². The van der Waals surface area contributed by atoms with Crippen LogP contribution in [0, 0.1) is 12.8 Å². The molecule has 0 N–H and O–H groups in total. The molecule has 1 saturated heterocycles. The van der Waals surface area contributed by atoms with Crippen molar-refractivity contribution in [1.82, 2.24) is 19.9 Å². The topological polar surface area (TPSA) is 51.1 Å². The molecule has 3 heterocycles. The second kappa shape index (κ2) is 7.51. The first kappa shape index (κ1) is 15.9. The summed E-state index contributed by atoms with van der Waals surface area (Å²) in [5.74, 6) is 0.678. The average molecular weight is 312 g/mol. The molecule has 3 rings (SSSR count). The fourth-order valence-corrected chi connectivity index (χ4v) is 3.26. The van der Waals surface area contributed by atoms with Crippen LogP contribution in [0.3, 0.4) is 0 Å². The van der Waals surface area contributed by atoms with Crippen LogP contribution in [0.4, 0.5) is 0 Å². The van der Waals surface area contributed by atoms with Crippen LogP contribution in [0.5, 0.6) is 6.01 Å². The normalized spacial score (nSPS) is 18.8. The summed E-state index contributed by atoms with van der Waals surface area (Å²) in [5.41, 5.74) is 3.45. The predicted molar refractivity (Wildman–Crippen MR) is 89.3 cm³/mol. The first-order valence-electron chi connectivity index (χ1n) is 8.23. The van der Waals surface area contributed by atoms with Gasteiger partial charge in [-0.05, 0) is 50.8 Å². The molecule has 0 spiro atoms. The number of aromatic nitrogens is 3. The molecular weight excluding hydrogens is 288 g/mol. The summed E-state index contributed by atoms with van der Waals surface area (Å²) in [6, 6.07) is 6.73. The Morgan fingerprint density at radius 2 is 2.09 bits per heavy atom. The van der Waals surface area contributed by atoms with Crippen molar-refractivity contribution in [3.05, 3.63) is 47.5 Å². The zero-order valence-corrected chi connectivity index (χ0v) is 13.9. The highest BCUT2D eigenvalue weighted by molar-refractivity contribution is 5.11. The summed E-state index contributed by atoms with van der Waals surface area (Å²) in [5, 5.41) is 0. The van der Waals surface area contributed by atoms with E-state index >= 15 is 0 Å². The Balaban J connectivity index is 1.57. The van der Waals surface area contributed by atoms with Gasteiger partial charge in [-0.3, -0.25) is 9.88 Å². The Hall–Kier alpha value is -2.01. The van der Waals surface area contributed by atoms with Crippen molar-refractivity contribution in [2.24, 2.45) is 5.92 Å². The molecule has 23 heavy (non-hydrogen) atoms. The van der Waals surface area contributed by atoms with Crippen molar-refractivity contribution in [3.8, 4) is 6.01 Å². The van der Waals surface area contributed by atoms with Crippen molar-refractivity contribution in [2.45, 2.75) is 32.7 Å². The number of aryl methyl sites for hydroxylation is 1. The Kier molecular flexibility index (Phi) is 5.18. The van der Waals surface area contributed by atoms with Gasteiger partial charge in [0, 0.05) is 42.4 Å². The molecule has 0 amide bonds. The number of hydrogen-bond acceptors (Lipinski definition) is 5. The molecule has 0 bridgehead atoms. The first-order valence-corrected chi connectivity index (χ1v) is 8.23. The number of rotatable bonds is 5. The van der Waals surface area contributed by atoms with E-state index in [1.54, 1.807) is 7.11 Å². The predicted octanol–water partition coefficient (Wildman–Crippen LogP) is 2.64. The summed E-state index contributed by atoms with van der Waals surface area (Å²) >= 11 is 0. The number of hydrogen-bond donors (Lipinski definition) is 0. The highest BCUT2D eigenvalue weighted by Crippen LogP contribution is 2.21. The van der Waals surface area contributed by atoms with E-state index in [4.69, 9.17) is 4.74 Å². The van der Waals surface area contributed by atoms with Crippen LogP contribution in [-0.2, 0) is 13.0 Å². The molecule has 1 atom stereocenters. The van der Waals surface area contributed by atoms with Gasteiger partial charge in [0.25, 0.3) is 0 Å². The molecule has 0 radical (unpaired) electrons. The van der Waals surface area contributed by atoms with E-state index in [2.05, 4.69) is 45.0 Å². The molecule has 2 aromatic rings. The molecule has 1 fully saturated rings. The third kappa shape index (κ3) is 4.48. The largest absolute Gasteiger partial charge is 0.467 e. The van der Waals surface area contributed by atoms with Crippen LogP contribution >= 0.6 is 0 Å². The van der Waals surface area contributed by atoms with E-state index in [9.17, 15) is 0 Å². The highest BCUT2D eigenvalue weighted by atomic mass is 16.5.